The number of tetrazole rings is 1. The van der Waals surface area contributed by atoms with Gasteiger partial charge in [-0.2, -0.15) is 36.8 Å². The lowest BCUT2D eigenvalue weighted by Crippen LogP contribution is -2.50. The van der Waals surface area contributed by atoms with Crippen LogP contribution in [0.5, 0.6) is 0 Å². The minimum Gasteiger partial charge on any atom is -0.358 e. The van der Waals surface area contributed by atoms with Crippen LogP contribution in [0.4, 0.5) is 36.4 Å². The molecule has 1 aromatic carbocycles. The fraction of sp³-hybridized carbons (Fsp3) is 0.231. The third kappa shape index (κ3) is 3.83. The Hall–Kier alpha value is -2.59. The first-order valence-electron chi connectivity index (χ1n) is 6.75. The molecule has 0 bridgehead atoms. The van der Waals surface area contributed by atoms with Crippen molar-refractivity contribution in [3.05, 3.63) is 39.8 Å². The molecule has 0 aliphatic heterocycles. The number of hydrogen-bond donors (Lipinski definition) is 2. The zero-order chi connectivity index (χ0) is 21.3. The molecule has 2 N–H and O–H groups in total. The third-order valence-corrected chi connectivity index (χ3v) is 3.88. The number of nitrogens with one attached hydrogen (secondary N) is 2. The summed E-state index contributed by atoms with van der Waals surface area (Å²) < 4.78 is 91.2. The van der Waals surface area contributed by atoms with Gasteiger partial charge in [-0.05, 0) is 17.3 Å². The van der Waals surface area contributed by atoms with E-state index in [0.717, 1.165) is 6.20 Å². The van der Waals surface area contributed by atoms with Gasteiger partial charge in [0.05, 0.1) is 15.7 Å². The van der Waals surface area contributed by atoms with Gasteiger partial charge < -0.3 is 5.32 Å². The molecule has 150 valence electrons. The zero-order valence-corrected chi connectivity index (χ0v) is 14.4. The highest BCUT2D eigenvalue weighted by atomic mass is 35.5. The monoisotopic (exact) mass is 448 g/mol. The van der Waals surface area contributed by atoms with Crippen LogP contribution in [0.25, 0.3) is 5.57 Å². The van der Waals surface area contributed by atoms with Crippen LogP contribution in [0.2, 0.25) is 10.0 Å². The van der Waals surface area contributed by atoms with Gasteiger partial charge in [-0.15, -0.1) is 10.2 Å². The first kappa shape index (κ1) is 21.7. The van der Waals surface area contributed by atoms with Gasteiger partial charge in [0, 0.05) is 11.8 Å². The van der Waals surface area contributed by atoms with Crippen LogP contribution >= 0.6 is 23.2 Å². The van der Waals surface area contributed by atoms with Gasteiger partial charge in [0.2, 0.25) is 5.82 Å². The molecule has 28 heavy (non-hydrogen) atoms. The minimum absolute atomic E-state index is 0.130. The largest absolute Gasteiger partial charge is 0.435 e. The Balaban J connectivity index is 2.50. The van der Waals surface area contributed by atoms with E-state index in [2.05, 4.69) is 25.9 Å². The normalized spacial score (nSPS) is 13.4. The van der Waals surface area contributed by atoms with Crippen LogP contribution < -0.4 is 5.32 Å². The summed E-state index contributed by atoms with van der Waals surface area (Å²) in [6.07, 6.45) is -11.7. The number of H-pyrrole nitrogens is 1. The van der Waals surface area contributed by atoms with Gasteiger partial charge in [-0.3, -0.25) is 0 Å². The second-order valence-corrected chi connectivity index (χ2v) is 5.83. The molecule has 0 radical (unpaired) electrons. The Morgan fingerprint density at radius 1 is 1.07 bits per heavy atom. The van der Waals surface area contributed by atoms with Crippen molar-refractivity contribution >= 4 is 34.5 Å². The van der Waals surface area contributed by atoms with Crippen LogP contribution in [-0.4, -0.2) is 33.0 Å². The van der Waals surface area contributed by atoms with Gasteiger partial charge in [0.1, 0.15) is 11.6 Å². The number of allylic oxidation sites excluding steroid dienone is 1. The zero-order valence-electron chi connectivity index (χ0n) is 12.9. The summed E-state index contributed by atoms with van der Waals surface area (Å²) in [7, 11) is 0. The molecule has 2 aromatic rings. The van der Waals surface area contributed by atoms with Crippen molar-refractivity contribution in [3.63, 3.8) is 0 Å². The van der Waals surface area contributed by atoms with Crippen molar-refractivity contribution in [3.8, 4) is 6.07 Å². The summed E-state index contributed by atoms with van der Waals surface area (Å²) >= 11 is 11.4. The molecule has 1 aromatic heterocycles. The molecule has 0 unspecified atom stereocenters. The predicted molar refractivity (Wildman–Crippen MR) is 82.7 cm³/mol. The number of aromatic nitrogens is 4. The molecule has 2 rings (SSSR count). The minimum atomic E-state index is -6.32. The average molecular weight is 449 g/mol. The van der Waals surface area contributed by atoms with Crippen LogP contribution in [0.1, 0.15) is 11.4 Å². The lowest BCUT2D eigenvalue weighted by Gasteiger charge is -2.30. The molecule has 0 aliphatic carbocycles. The first-order chi connectivity index (χ1) is 12.8. The van der Waals surface area contributed by atoms with E-state index in [1.54, 1.807) is 6.07 Å². The van der Waals surface area contributed by atoms with Gasteiger partial charge >= 0.3 is 18.0 Å². The van der Waals surface area contributed by atoms with Crippen LogP contribution in [0.3, 0.4) is 0 Å². The summed E-state index contributed by atoms with van der Waals surface area (Å²) in [5.74, 6) is -0.171. The van der Waals surface area contributed by atoms with Crippen molar-refractivity contribution in [1.29, 1.82) is 5.26 Å². The third-order valence-electron chi connectivity index (χ3n) is 3.29. The van der Waals surface area contributed by atoms with Gasteiger partial charge in [-0.1, -0.05) is 23.2 Å². The second-order valence-electron chi connectivity index (χ2n) is 5.02. The standard InChI is InChI=1S/C13H5Cl2F7N6/c14-7-1-6(11(16,12(17,18)19)13(20,21)22)2-8(15)9(7)24-4-5(3-23)10-25-27-28-26-10/h1-2,4,24H,(H,25,26,27,28). The lowest BCUT2D eigenvalue weighted by atomic mass is 9.94. The van der Waals surface area contributed by atoms with Crippen molar-refractivity contribution in [2.24, 2.45) is 0 Å². The van der Waals surface area contributed by atoms with E-state index in [-0.39, 0.29) is 29.2 Å². The average Bonchev–Trinajstić information content (AvgIpc) is 3.08. The van der Waals surface area contributed by atoms with Crippen LogP contribution in [-0.2, 0) is 5.67 Å². The SMILES string of the molecule is N#CC(=CNc1c(Cl)cc(C(F)(C(F)(F)F)C(F)(F)F)cc1Cl)c1nn[nH]n1. The molecular formula is C13H5Cl2F7N6. The molecule has 0 saturated heterocycles. The number of halogens is 9. The van der Waals surface area contributed by atoms with Crippen molar-refractivity contribution in [2.75, 3.05) is 5.32 Å². The number of alkyl halides is 7. The molecule has 0 amide bonds. The van der Waals surface area contributed by atoms with E-state index in [4.69, 9.17) is 28.5 Å². The van der Waals surface area contributed by atoms with E-state index >= 15 is 0 Å². The fourth-order valence-corrected chi connectivity index (χ4v) is 2.56. The number of hydrogen-bond acceptors (Lipinski definition) is 5. The Morgan fingerprint density at radius 2 is 1.61 bits per heavy atom. The molecule has 0 fully saturated rings. The summed E-state index contributed by atoms with van der Waals surface area (Å²) in [6.45, 7) is 0. The summed E-state index contributed by atoms with van der Waals surface area (Å²) in [5, 5.41) is 22.1. The maximum absolute atomic E-state index is 14.1. The smallest absolute Gasteiger partial charge is 0.358 e. The molecular weight excluding hydrogens is 444 g/mol. The maximum atomic E-state index is 14.1. The van der Waals surface area contributed by atoms with E-state index < -0.39 is 33.6 Å². The van der Waals surface area contributed by atoms with Crippen molar-refractivity contribution in [2.45, 2.75) is 18.0 Å². The van der Waals surface area contributed by atoms with E-state index in [9.17, 15) is 30.7 Å². The number of anilines is 1. The molecule has 0 aliphatic rings. The van der Waals surface area contributed by atoms with Crippen molar-refractivity contribution in [1.82, 2.24) is 20.6 Å². The van der Waals surface area contributed by atoms with E-state index in [1.165, 1.54) is 0 Å². The van der Waals surface area contributed by atoms with Gasteiger partial charge in [0.15, 0.2) is 0 Å². The highest BCUT2D eigenvalue weighted by Gasteiger charge is 2.73. The van der Waals surface area contributed by atoms with Crippen LogP contribution in [0, 0.1) is 11.3 Å². The number of aromatic amines is 1. The quantitative estimate of drug-likeness (QED) is 0.519. The van der Waals surface area contributed by atoms with Gasteiger partial charge in [-0.25, -0.2) is 4.39 Å². The number of nitrogens with zero attached hydrogens (tertiary/aromatic N) is 4. The molecule has 0 saturated carbocycles. The van der Waals surface area contributed by atoms with Gasteiger partial charge in [0.25, 0.3) is 0 Å². The second kappa shape index (κ2) is 7.44. The Labute approximate surface area is 160 Å². The van der Waals surface area contributed by atoms with E-state index in [1.807, 2.05) is 0 Å². The lowest BCUT2D eigenvalue weighted by molar-refractivity contribution is -0.348. The van der Waals surface area contributed by atoms with Crippen molar-refractivity contribution < 1.29 is 30.7 Å². The van der Waals surface area contributed by atoms with E-state index in [0.29, 0.717) is 0 Å². The molecule has 0 atom stereocenters. The highest BCUT2D eigenvalue weighted by molar-refractivity contribution is 6.39. The summed E-state index contributed by atoms with van der Waals surface area (Å²) in [6, 6.07) is 1.92. The maximum Gasteiger partial charge on any atom is 0.435 e. The Bertz CT molecular complexity index is 893. The number of nitriles is 1. The Morgan fingerprint density at radius 3 is 2.00 bits per heavy atom. The first-order valence-corrected chi connectivity index (χ1v) is 7.51. The number of rotatable bonds is 4. The molecule has 15 heteroatoms. The molecule has 1 heterocycles. The number of benzene rings is 1. The fourth-order valence-electron chi connectivity index (χ4n) is 1.97. The topological polar surface area (TPSA) is 90.3 Å². The highest BCUT2D eigenvalue weighted by Crippen LogP contribution is 2.54. The summed E-state index contributed by atoms with van der Waals surface area (Å²) in [4.78, 5) is 0. The molecule has 0 spiro atoms. The summed E-state index contributed by atoms with van der Waals surface area (Å²) in [5.41, 5.74) is -8.15. The molecule has 6 nitrogen and oxygen atoms in total. The predicted octanol–water partition coefficient (Wildman–Crippen LogP) is 4.77. The van der Waals surface area contributed by atoms with Crippen LogP contribution in [0.15, 0.2) is 18.3 Å². The Kier molecular flexibility index (Phi) is 5.77.